The monoisotopic (exact) mass is 377 g/mol. The van der Waals surface area contributed by atoms with Crippen molar-refractivity contribution in [3.8, 4) is 0 Å². The van der Waals surface area contributed by atoms with E-state index in [-0.39, 0.29) is 0 Å². The summed E-state index contributed by atoms with van der Waals surface area (Å²) in [4.78, 5) is 8.17. The second kappa shape index (κ2) is 5.27. The molecule has 0 saturated carbocycles. The van der Waals surface area contributed by atoms with Gasteiger partial charge in [-0.2, -0.15) is 0 Å². The number of rotatable bonds is 2. The maximum atomic E-state index is 4.17. The Morgan fingerprint density at radius 3 is 2.47 bits per heavy atom. The Morgan fingerprint density at radius 2 is 1.63 bits per heavy atom. The van der Waals surface area contributed by atoms with Gasteiger partial charge in [0.1, 0.15) is 16.7 Å². The largest absolute Gasteiger partial charge is 0.340 e. The van der Waals surface area contributed by atoms with E-state index in [1.807, 2.05) is 18.2 Å². The molecule has 0 bridgehead atoms. The summed E-state index contributed by atoms with van der Waals surface area (Å²) in [6.07, 6.45) is 1.52. The minimum absolute atomic E-state index is 0.759. The van der Waals surface area contributed by atoms with Gasteiger partial charge in [-0.1, -0.05) is 28.1 Å². The first-order valence-corrected chi connectivity index (χ1v) is 7.23. The molecule has 0 spiro atoms. The van der Waals surface area contributed by atoms with Crippen LogP contribution in [0.1, 0.15) is 0 Å². The van der Waals surface area contributed by atoms with Crippen LogP contribution in [0.25, 0.3) is 10.8 Å². The second-order valence-electron chi connectivity index (χ2n) is 4.06. The van der Waals surface area contributed by atoms with Crippen LogP contribution >= 0.6 is 31.9 Å². The highest BCUT2D eigenvalue weighted by molar-refractivity contribution is 9.10. The molecule has 3 aromatic rings. The van der Waals surface area contributed by atoms with Gasteiger partial charge in [0.25, 0.3) is 0 Å². The molecule has 3 rings (SSSR count). The lowest BCUT2D eigenvalue weighted by Crippen LogP contribution is -1.94. The maximum Gasteiger partial charge on any atom is 0.134 e. The van der Waals surface area contributed by atoms with Gasteiger partial charge < -0.3 is 5.32 Å². The molecule has 0 radical (unpaired) electrons. The number of nitrogens with one attached hydrogen (secondary N) is 1. The molecule has 1 N–H and O–H groups in total. The molecule has 0 amide bonds. The molecular formula is C14H9Br2N3. The third-order valence-corrected chi connectivity index (χ3v) is 3.64. The van der Waals surface area contributed by atoms with E-state index in [9.17, 15) is 0 Å². The van der Waals surface area contributed by atoms with Crippen LogP contribution in [0.5, 0.6) is 0 Å². The van der Waals surface area contributed by atoms with Gasteiger partial charge in [-0.05, 0) is 51.0 Å². The number of hydrogen-bond donors (Lipinski definition) is 1. The number of fused-ring (bicyclic) bond motifs is 1. The highest BCUT2D eigenvalue weighted by Crippen LogP contribution is 2.24. The highest BCUT2D eigenvalue weighted by atomic mass is 79.9. The number of hydrogen-bond acceptors (Lipinski definition) is 3. The van der Waals surface area contributed by atoms with E-state index in [0.717, 1.165) is 20.6 Å². The summed E-state index contributed by atoms with van der Waals surface area (Å²) in [6.45, 7) is 0. The average molecular weight is 379 g/mol. The zero-order valence-electron chi connectivity index (χ0n) is 9.77. The zero-order valence-corrected chi connectivity index (χ0v) is 12.9. The van der Waals surface area contributed by atoms with E-state index in [1.165, 1.54) is 17.1 Å². The van der Waals surface area contributed by atoms with Crippen molar-refractivity contribution in [2.75, 3.05) is 5.32 Å². The van der Waals surface area contributed by atoms with Gasteiger partial charge in [-0.3, -0.25) is 0 Å². The van der Waals surface area contributed by atoms with Gasteiger partial charge in [-0.25, -0.2) is 9.97 Å². The molecule has 0 unspecified atom stereocenters. The molecule has 1 heterocycles. The fourth-order valence-corrected chi connectivity index (χ4v) is 2.53. The average Bonchev–Trinajstić information content (AvgIpc) is 2.39. The van der Waals surface area contributed by atoms with Gasteiger partial charge in [0, 0.05) is 16.2 Å². The van der Waals surface area contributed by atoms with Crippen molar-refractivity contribution >= 4 is 54.1 Å². The first-order valence-electron chi connectivity index (χ1n) is 5.64. The quantitative estimate of drug-likeness (QED) is 0.644. The summed E-state index contributed by atoms with van der Waals surface area (Å²) < 4.78 is 1.84. The number of nitrogens with zero attached hydrogens (tertiary/aromatic N) is 2. The lowest BCUT2D eigenvalue weighted by Gasteiger charge is -2.07. The molecule has 94 valence electrons. The molecule has 19 heavy (non-hydrogen) atoms. The van der Waals surface area contributed by atoms with E-state index in [4.69, 9.17) is 0 Å². The lowest BCUT2D eigenvalue weighted by atomic mass is 10.1. The smallest absolute Gasteiger partial charge is 0.134 e. The standard InChI is InChI=1S/C14H9Br2N3/c15-11-3-1-10-6-12(4-2-9(10)5-11)19-14-7-13(16)17-8-18-14/h1-8H,(H,17,18,19). The lowest BCUT2D eigenvalue weighted by molar-refractivity contribution is 1.14. The minimum Gasteiger partial charge on any atom is -0.340 e. The first-order chi connectivity index (χ1) is 9.20. The Balaban J connectivity index is 1.95. The zero-order chi connectivity index (χ0) is 13.2. The SMILES string of the molecule is Brc1ccc2cc(Nc3cc(Br)ncn3)ccc2c1. The van der Waals surface area contributed by atoms with Crippen molar-refractivity contribution < 1.29 is 0 Å². The fraction of sp³-hybridized carbons (Fsp3) is 0. The molecule has 5 heteroatoms. The Labute approximate surface area is 127 Å². The van der Waals surface area contributed by atoms with Crippen LogP contribution in [0, 0.1) is 0 Å². The minimum atomic E-state index is 0.759. The van der Waals surface area contributed by atoms with Crippen molar-refractivity contribution in [3.63, 3.8) is 0 Å². The molecule has 2 aromatic carbocycles. The van der Waals surface area contributed by atoms with Crippen LogP contribution in [-0.2, 0) is 0 Å². The van der Waals surface area contributed by atoms with Gasteiger partial charge in [0.05, 0.1) is 0 Å². The number of aromatic nitrogens is 2. The van der Waals surface area contributed by atoms with Crippen molar-refractivity contribution in [2.24, 2.45) is 0 Å². The Bertz CT molecular complexity index is 744. The topological polar surface area (TPSA) is 37.8 Å². The first kappa shape index (κ1) is 12.6. The second-order valence-corrected chi connectivity index (χ2v) is 5.79. The summed E-state index contributed by atoms with van der Waals surface area (Å²) >= 11 is 6.80. The van der Waals surface area contributed by atoms with Crippen molar-refractivity contribution in [1.82, 2.24) is 9.97 Å². The predicted molar refractivity (Wildman–Crippen MR) is 84.7 cm³/mol. The van der Waals surface area contributed by atoms with Crippen LogP contribution in [0.15, 0.2) is 57.9 Å². The normalized spacial score (nSPS) is 10.6. The molecule has 1 aromatic heterocycles. The van der Waals surface area contributed by atoms with Crippen LogP contribution in [0.3, 0.4) is 0 Å². The number of halogens is 2. The van der Waals surface area contributed by atoms with Crippen LogP contribution in [0.2, 0.25) is 0 Å². The maximum absolute atomic E-state index is 4.17. The van der Waals surface area contributed by atoms with Crippen LogP contribution < -0.4 is 5.32 Å². The Morgan fingerprint density at radius 1 is 0.842 bits per heavy atom. The summed E-state index contributed by atoms with van der Waals surface area (Å²) in [6, 6.07) is 14.3. The molecular weight excluding hydrogens is 370 g/mol. The summed E-state index contributed by atoms with van der Waals surface area (Å²) in [5, 5.41) is 5.64. The van der Waals surface area contributed by atoms with Gasteiger partial charge >= 0.3 is 0 Å². The molecule has 0 aliphatic rings. The predicted octanol–water partition coefficient (Wildman–Crippen LogP) is 4.90. The van der Waals surface area contributed by atoms with E-state index in [0.29, 0.717) is 0 Å². The molecule has 0 aliphatic heterocycles. The van der Waals surface area contributed by atoms with Gasteiger partial charge in [-0.15, -0.1) is 0 Å². The van der Waals surface area contributed by atoms with E-state index in [2.05, 4.69) is 71.4 Å². The Kier molecular flexibility index (Phi) is 3.48. The van der Waals surface area contributed by atoms with Gasteiger partial charge in [0.2, 0.25) is 0 Å². The summed E-state index contributed by atoms with van der Waals surface area (Å²) in [7, 11) is 0. The van der Waals surface area contributed by atoms with E-state index >= 15 is 0 Å². The van der Waals surface area contributed by atoms with Crippen molar-refractivity contribution in [3.05, 3.63) is 57.9 Å². The number of benzene rings is 2. The molecule has 0 fully saturated rings. The fourth-order valence-electron chi connectivity index (χ4n) is 1.84. The third kappa shape index (κ3) is 2.93. The number of anilines is 2. The van der Waals surface area contributed by atoms with Crippen molar-refractivity contribution in [1.29, 1.82) is 0 Å². The van der Waals surface area contributed by atoms with Crippen LogP contribution in [-0.4, -0.2) is 9.97 Å². The summed E-state index contributed by atoms with van der Waals surface area (Å²) in [5.41, 5.74) is 1.00. The van der Waals surface area contributed by atoms with E-state index in [1.54, 1.807) is 0 Å². The van der Waals surface area contributed by atoms with Crippen LogP contribution in [0.4, 0.5) is 11.5 Å². The Hall–Kier alpha value is -1.46. The third-order valence-electron chi connectivity index (χ3n) is 2.71. The molecule has 0 saturated heterocycles. The van der Waals surface area contributed by atoms with Gasteiger partial charge in [0.15, 0.2) is 0 Å². The molecule has 0 atom stereocenters. The molecule has 0 aliphatic carbocycles. The molecule has 3 nitrogen and oxygen atoms in total. The van der Waals surface area contributed by atoms with Crippen molar-refractivity contribution in [2.45, 2.75) is 0 Å². The summed E-state index contributed by atoms with van der Waals surface area (Å²) in [5.74, 6) is 0.762. The highest BCUT2D eigenvalue weighted by Gasteiger charge is 2.00. The van der Waals surface area contributed by atoms with E-state index < -0.39 is 0 Å².